The van der Waals surface area contributed by atoms with Crippen LogP contribution in [-0.4, -0.2) is 29.5 Å². The Hall–Kier alpha value is -2.49. The molecule has 0 saturated carbocycles. The zero-order valence-electron chi connectivity index (χ0n) is 15.2. The smallest absolute Gasteiger partial charge is 0.0312 e. The maximum Gasteiger partial charge on any atom is 0.0312 e. The molecular weight excluding hydrogens is 318 g/mol. The van der Waals surface area contributed by atoms with Crippen molar-refractivity contribution in [3.05, 3.63) is 102 Å². The van der Waals surface area contributed by atoms with Gasteiger partial charge in [0.1, 0.15) is 0 Å². The van der Waals surface area contributed by atoms with E-state index in [4.69, 9.17) is 5.73 Å². The van der Waals surface area contributed by atoms with Crippen molar-refractivity contribution in [1.29, 1.82) is 0 Å². The molecule has 26 heavy (non-hydrogen) atoms. The molecule has 0 aliphatic rings. The Morgan fingerprint density at radius 1 is 0.846 bits per heavy atom. The molecule has 1 heterocycles. The van der Waals surface area contributed by atoms with Crippen LogP contribution in [0.15, 0.2) is 85.2 Å². The summed E-state index contributed by atoms with van der Waals surface area (Å²) in [5, 5.41) is 0. The number of nitrogens with two attached hydrogens (primary N) is 1. The first-order chi connectivity index (χ1) is 12.9. The molecule has 0 unspecified atom stereocenters. The molecule has 0 saturated heterocycles. The molecule has 3 heteroatoms. The number of hydrogen-bond donors (Lipinski definition) is 1. The lowest BCUT2D eigenvalue weighted by molar-refractivity contribution is 0.255. The number of rotatable bonds is 9. The van der Waals surface area contributed by atoms with E-state index in [0.717, 1.165) is 26.1 Å². The van der Waals surface area contributed by atoms with Gasteiger partial charge in [-0.25, -0.2) is 0 Å². The van der Waals surface area contributed by atoms with Crippen molar-refractivity contribution >= 4 is 0 Å². The summed E-state index contributed by atoms with van der Waals surface area (Å²) in [6.45, 7) is 3.55. The van der Waals surface area contributed by atoms with Crippen LogP contribution in [0.1, 0.15) is 29.0 Å². The summed E-state index contributed by atoms with van der Waals surface area (Å²) in [4.78, 5) is 6.76. The van der Waals surface area contributed by atoms with Gasteiger partial charge in [0, 0.05) is 31.4 Å². The number of benzene rings is 2. The van der Waals surface area contributed by atoms with E-state index in [1.54, 1.807) is 0 Å². The molecule has 2 N–H and O–H groups in total. The molecule has 0 radical (unpaired) electrons. The van der Waals surface area contributed by atoms with E-state index in [-0.39, 0.29) is 0 Å². The molecule has 2 aromatic carbocycles. The second kappa shape index (κ2) is 9.85. The summed E-state index contributed by atoms with van der Waals surface area (Å²) >= 11 is 0. The third-order valence-electron chi connectivity index (χ3n) is 4.65. The number of aromatic nitrogens is 1. The summed E-state index contributed by atoms with van der Waals surface area (Å²) in [7, 11) is 0. The van der Waals surface area contributed by atoms with Gasteiger partial charge in [0.05, 0.1) is 0 Å². The Labute approximate surface area is 156 Å². The SMILES string of the molecule is NCCCN(Cc1cccnc1)CC(c1ccccc1)c1ccccc1. The first kappa shape index (κ1) is 18.3. The molecule has 0 spiro atoms. The van der Waals surface area contributed by atoms with Crippen molar-refractivity contribution in [1.82, 2.24) is 9.88 Å². The Bertz CT molecular complexity index is 705. The molecule has 0 atom stereocenters. The quantitative estimate of drug-likeness (QED) is 0.636. The molecule has 0 aliphatic carbocycles. The molecular formula is C23H27N3. The third-order valence-corrected chi connectivity index (χ3v) is 4.65. The van der Waals surface area contributed by atoms with Crippen LogP contribution in [0.4, 0.5) is 0 Å². The summed E-state index contributed by atoms with van der Waals surface area (Å²) in [5.41, 5.74) is 9.72. The van der Waals surface area contributed by atoms with Crippen LogP contribution in [0, 0.1) is 0 Å². The molecule has 0 aliphatic heterocycles. The number of nitrogens with zero attached hydrogens (tertiary/aromatic N) is 2. The van der Waals surface area contributed by atoms with E-state index >= 15 is 0 Å². The van der Waals surface area contributed by atoms with E-state index in [1.807, 2.05) is 18.5 Å². The first-order valence-corrected chi connectivity index (χ1v) is 9.28. The predicted octanol–water partition coefficient (Wildman–Crippen LogP) is 4.06. The van der Waals surface area contributed by atoms with Crippen molar-refractivity contribution in [2.75, 3.05) is 19.6 Å². The van der Waals surface area contributed by atoms with Crippen molar-refractivity contribution in [2.24, 2.45) is 5.73 Å². The van der Waals surface area contributed by atoms with Crippen molar-refractivity contribution in [3.63, 3.8) is 0 Å². The van der Waals surface area contributed by atoms with Gasteiger partial charge in [-0.1, -0.05) is 66.7 Å². The van der Waals surface area contributed by atoms with Crippen molar-refractivity contribution in [2.45, 2.75) is 18.9 Å². The van der Waals surface area contributed by atoms with E-state index in [9.17, 15) is 0 Å². The lowest BCUT2D eigenvalue weighted by Crippen LogP contribution is -2.31. The monoisotopic (exact) mass is 345 g/mol. The minimum atomic E-state index is 0.340. The largest absolute Gasteiger partial charge is 0.330 e. The minimum Gasteiger partial charge on any atom is -0.330 e. The molecule has 3 rings (SSSR count). The Kier molecular flexibility index (Phi) is 6.94. The van der Waals surface area contributed by atoms with E-state index in [1.165, 1.54) is 16.7 Å². The van der Waals surface area contributed by atoms with E-state index in [2.05, 4.69) is 76.6 Å². The summed E-state index contributed by atoms with van der Waals surface area (Å²) in [5.74, 6) is 0.340. The average molecular weight is 345 g/mol. The first-order valence-electron chi connectivity index (χ1n) is 9.28. The zero-order chi connectivity index (χ0) is 18.0. The average Bonchev–Trinajstić information content (AvgIpc) is 2.72. The second-order valence-electron chi connectivity index (χ2n) is 6.61. The van der Waals surface area contributed by atoms with Crippen molar-refractivity contribution in [3.8, 4) is 0 Å². The molecule has 0 fully saturated rings. The fraction of sp³-hybridized carbons (Fsp3) is 0.261. The summed E-state index contributed by atoms with van der Waals surface area (Å²) < 4.78 is 0. The Morgan fingerprint density at radius 2 is 1.50 bits per heavy atom. The highest BCUT2D eigenvalue weighted by atomic mass is 15.1. The normalized spacial score (nSPS) is 11.2. The van der Waals surface area contributed by atoms with E-state index < -0.39 is 0 Å². The molecule has 0 bridgehead atoms. The van der Waals surface area contributed by atoms with Gasteiger partial charge in [0.2, 0.25) is 0 Å². The standard InChI is InChI=1S/C23H27N3/c24-14-8-16-26(18-20-9-7-15-25-17-20)19-23(21-10-3-1-4-11-21)22-12-5-2-6-13-22/h1-7,9-13,15,17,23H,8,14,16,18-19,24H2. The molecule has 3 aromatic rings. The highest BCUT2D eigenvalue weighted by Crippen LogP contribution is 2.26. The molecule has 3 nitrogen and oxygen atoms in total. The molecule has 0 amide bonds. The van der Waals surface area contributed by atoms with Crippen molar-refractivity contribution < 1.29 is 0 Å². The number of hydrogen-bond acceptors (Lipinski definition) is 3. The second-order valence-corrected chi connectivity index (χ2v) is 6.61. The maximum atomic E-state index is 5.78. The lowest BCUT2D eigenvalue weighted by Gasteiger charge is -2.28. The van der Waals surface area contributed by atoms with Crippen LogP contribution in [0.2, 0.25) is 0 Å². The van der Waals surface area contributed by atoms with Gasteiger partial charge < -0.3 is 5.73 Å². The van der Waals surface area contributed by atoms with Gasteiger partial charge >= 0.3 is 0 Å². The number of pyridine rings is 1. The van der Waals surface area contributed by atoms with Crippen LogP contribution in [0.3, 0.4) is 0 Å². The molecule has 134 valence electrons. The van der Waals surface area contributed by atoms with Gasteiger partial charge in [-0.15, -0.1) is 0 Å². The van der Waals surface area contributed by atoms with Crippen LogP contribution >= 0.6 is 0 Å². The van der Waals surface area contributed by atoms with E-state index in [0.29, 0.717) is 12.5 Å². The Balaban J connectivity index is 1.84. The highest BCUT2D eigenvalue weighted by Gasteiger charge is 2.18. The fourth-order valence-electron chi connectivity index (χ4n) is 3.33. The maximum absolute atomic E-state index is 5.78. The predicted molar refractivity (Wildman–Crippen MR) is 108 cm³/mol. The Morgan fingerprint density at radius 3 is 2.04 bits per heavy atom. The third kappa shape index (κ3) is 5.25. The van der Waals surface area contributed by atoms with Crippen LogP contribution < -0.4 is 5.73 Å². The summed E-state index contributed by atoms with van der Waals surface area (Å²) in [6, 6.07) is 25.7. The van der Waals surface area contributed by atoms with Crippen LogP contribution in [0.5, 0.6) is 0 Å². The van der Waals surface area contributed by atoms with Gasteiger partial charge in [0.15, 0.2) is 0 Å². The highest BCUT2D eigenvalue weighted by molar-refractivity contribution is 5.32. The molecule has 1 aromatic heterocycles. The van der Waals surface area contributed by atoms with Crippen LogP contribution in [-0.2, 0) is 6.54 Å². The zero-order valence-corrected chi connectivity index (χ0v) is 15.2. The topological polar surface area (TPSA) is 42.1 Å². The summed E-state index contributed by atoms with van der Waals surface area (Å²) in [6.07, 6.45) is 4.77. The van der Waals surface area contributed by atoms with Gasteiger partial charge in [-0.05, 0) is 42.3 Å². The lowest BCUT2D eigenvalue weighted by atomic mass is 9.90. The van der Waals surface area contributed by atoms with Gasteiger partial charge in [-0.2, -0.15) is 0 Å². The van der Waals surface area contributed by atoms with Gasteiger partial charge in [-0.3, -0.25) is 9.88 Å². The van der Waals surface area contributed by atoms with Crippen LogP contribution in [0.25, 0.3) is 0 Å². The fourth-order valence-corrected chi connectivity index (χ4v) is 3.33. The minimum absolute atomic E-state index is 0.340. The van der Waals surface area contributed by atoms with Gasteiger partial charge in [0.25, 0.3) is 0 Å².